The number of hydrogen-bond acceptors (Lipinski definition) is 2. The van der Waals surface area contributed by atoms with Crippen molar-refractivity contribution in [2.45, 2.75) is 13.8 Å². The quantitative estimate of drug-likeness (QED) is 0.608. The lowest BCUT2D eigenvalue weighted by Gasteiger charge is -2.06. The molecule has 4 heteroatoms. The number of hydrogen-bond donors (Lipinski definition) is 1. The van der Waals surface area contributed by atoms with Gasteiger partial charge in [0.15, 0.2) is 0 Å². The van der Waals surface area contributed by atoms with E-state index >= 15 is 0 Å². The molecule has 4 aromatic rings. The molecule has 0 aliphatic heterocycles. The first-order chi connectivity index (χ1) is 11.6. The molecule has 0 radical (unpaired) electrons. The number of nitrogens with zero attached hydrogens (tertiary/aromatic N) is 2. The summed E-state index contributed by atoms with van der Waals surface area (Å²) in [5.41, 5.74) is 5.62. The molecule has 2 aromatic heterocycles. The summed E-state index contributed by atoms with van der Waals surface area (Å²) in [4.78, 5) is 17.2. The largest absolute Gasteiger partial charge is 0.290 e. The Kier molecular flexibility index (Phi) is 3.31. The van der Waals surface area contributed by atoms with Crippen LogP contribution in [0.15, 0.2) is 65.6 Å². The number of rotatable bonds is 2. The van der Waals surface area contributed by atoms with Crippen LogP contribution in [0.3, 0.4) is 0 Å². The van der Waals surface area contributed by atoms with Crippen LogP contribution < -0.4 is 5.56 Å². The van der Waals surface area contributed by atoms with Crippen LogP contribution in [0.25, 0.3) is 27.7 Å². The number of H-pyrrole nitrogens is 1. The Morgan fingerprint density at radius 1 is 0.958 bits per heavy atom. The standard InChI is InChI=1S/C20H17N3O/c1-13-8-10-16(11-9-13)23-20(24)17-12-21-14(2)18(19(17)22-23)15-6-4-3-5-7-15/h3-12,22H,1-2H3. The summed E-state index contributed by atoms with van der Waals surface area (Å²) in [6.07, 6.45) is 1.65. The van der Waals surface area contributed by atoms with Crippen molar-refractivity contribution >= 4 is 10.9 Å². The van der Waals surface area contributed by atoms with Crippen LogP contribution in [0.1, 0.15) is 11.3 Å². The zero-order chi connectivity index (χ0) is 16.7. The van der Waals surface area contributed by atoms with Gasteiger partial charge in [-0.2, -0.15) is 0 Å². The number of nitrogens with one attached hydrogen (secondary N) is 1. The number of benzene rings is 2. The maximum atomic E-state index is 12.8. The van der Waals surface area contributed by atoms with Crippen molar-refractivity contribution in [1.29, 1.82) is 0 Å². The van der Waals surface area contributed by atoms with Crippen molar-refractivity contribution in [3.05, 3.63) is 82.4 Å². The van der Waals surface area contributed by atoms with E-state index in [1.807, 2.05) is 68.4 Å². The molecule has 0 saturated carbocycles. The Bertz CT molecular complexity index is 1070. The van der Waals surface area contributed by atoms with E-state index in [1.54, 1.807) is 10.9 Å². The summed E-state index contributed by atoms with van der Waals surface area (Å²) in [6, 6.07) is 17.9. The minimum atomic E-state index is -0.0847. The van der Waals surface area contributed by atoms with E-state index in [0.717, 1.165) is 33.6 Å². The van der Waals surface area contributed by atoms with E-state index in [-0.39, 0.29) is 5.56 Å². The van der Waals surface area contributed by atoms with Crippen molar-refractivity contribution < 1.29 is 0 Å². The molecule has 0 saturated heterocycles. The summed E-state index contributed by atoms with van der Waals surface area (Å²) >= 11 is 0. The lowest BCUT2D eigenvalue weighted by molar-refractivity contribution is 0.863. The van der Waals surface area contributed by atoms with Crippen molar-refractivity contribution in [3.8, 4) is 16.8 Å². The van der Waals surface area contributed by atoms with E-state index in [9.17, 15) is 4.79 Å². The van der Waals surface area contributed by atoms with E-state index in [4.69, 9.17) is 0 Å². The molecule has 2 aromatic carbocycles. The van der Waals surface area contributed by atoms with Crippen molar-refractivity contribution in [3.63, 3.8) is 0 Å². The van der Waals surface area contributed by atoms with Gasteiger partial charge in [-0.05, 0) is 31.5 Å². The number of aromatic nitrogens is 3. The first-order valence-electron chi connectivity index (χ1n) is 7.88. The van der Waals surface area contributed by atoms with Gasteiger partial charge in [-0.1, -0.05) is 48.0 Å². The maximum Gasteiger partial charge on any atom is 0.280 e. The predicted molar refractivity (Wildman–Crippen MR) is 96.6 cm³/mol. The average molecular weight is 315 g/mol. The van der Waals surface area contributed by atoms with Gasteiger partial charge in [-0.25, -0.2) is 4.68 Å². The third-order valence-electron chi connectivity index (χ3n) is 4.28. The molecule has 4 rings (SSSR count). The van der Waals surface area contributed by atoms with E-state index in [1.165, 1.54) is 0 Å². The highest BCUT2D eigenvalue weighted by Gasteiger charge is 2.15. The Morgan fingerprint density at radius 3 is 2.38 bits per heavy atom. The fourth-order valence-corrected chi connectivity index (χ4v) is 3.00. The smallest absolute Gasteiger partial charge is 0.280 e. The zero-order valence-electron chi connectivity index (χ0n) is 13.6. The van der Waals surface area contributed by atoms with Gasteiger partial charge >= 0.3 is 0 Å². The average Bonchev–Trinajstić information content (AvgIpc) is 2.93. The summed E-state index contributed by atoms with van der Waals surface area (Å²) in [5, 5.41) is 3.87. The van der Waals surface area contributed by atoms with E-state index < -0.39 is 0 Å². The first kappa shape index (κ1) is 14.5. The highest BCUT2D eigenvalue weighted by atomic mass is 16.1. The van der Waals surface area contributed by atoms with E-state index in [2.05, 4.69) is 10.1 Å². The van der Waals surface area contributed by atoms with Gasteiger partial charge in [0.2, 0.25) is 0 Å². The molecule has 0 bridgehead atoms. The molecule has 0 fully saturated rings. The summed E-state index contributed by atoms with van der Waals surface area (Å²) in [6.45, 7) is 3.99. The third kappa shape index (κ3) is 2.24. The van der Waals surface area contributed by atoms with Gasteiger partial charge in [0.1, 0.15) is 0 Å². The summed E-state index contributed by atoms with van der Waals surface area (Å²) in [5.74, 6) is 0. The Morgan fingerprint density at radius 2 is 1.67 bits per heavy atom. The van der Waals surface area contributed by atoms with Crippen molar-refractivity contribution in [2.24, 2.45) is 0 Å². The molecule has 0 unspecified atom stereocenters. The fraction of sp³-hybridized carbons (Fsp3) is 0.100. The van der Waals surface area contributed by atoms with Crippen LogP contribution >= 0.6 is 0 Å². The van der Waals surface area contributed by atoms with E-state index in [0.29, 0.717) is 5.39 Å². The van der Waals surface area contributed by atoms with Crippen molar-refractivity contribution in [2.75, 3.05) is 0 Å². The number of fused-ring (bicyclic) bond motifs is 1. The Hall–Kier alpha value is -3.14. The summed E-state index contributed by atoms with van der Waals surface area (Å²) in [7, 11) is 0. The third-order valence-corrected chi connectivity index (χ3v) is 4.28. The topological polar surface area (TPSA) is 50.7 Å². The second-order valence-corrected chi connectivity index (χ2v) is 5.96. The van der Waals surface area contributed by atoms with Crippen LogP contribution in [-0.4, -0.2) is 14.8 Å². The lowest BCUT2D eigenvalue weighted by Crippen LogP contribution is -2.14. The van der Waals surface area contributed by atoms with Crippen LogP contribution in [-0.2, 0) is 0 Å². The highest BCUT2D eigenvalue weighted by Crippen LogP contribution is 2.28. The lowest BCUT2D eigenvalue weighted by atomic mass is 10.0. The van der Waals surface area contributed by atoms with Gasteiger partial charge in [-0.3, -0.25) is 14.9 Å². The maximum absolute atomic E-state index is 12.8. The zero-order valence-corrected chi connectivity index (χ0v) is 13.6. The normalized spacial score (nSPS) is 11.1. The number of aromatic amines is 1. The molecular weight excluding hydrogens is 298 g/mol. The molecule has 0 spiro atoms. The Balaban J connectivity index is 2.02. The molecule has 4 nitrogen and oxygen atoms in total. The van der Waals surface area contributed by atoms with Gasteiger partial charge in [-0.15, -0.1) is 0 Å². The number of aryl methyl sites for hydroxylation is 2. The van der Waals surface area contributed by atoms with Gasteiger partial charge < -0.3 is 0 Å². The molecule has 2 heterocycles. The van der Waals surface area contributed by atoms with Gasteiger partial charge in [0.05, 0.1) is 16.6 Å². The molecule has 24 heavy (non-hydrogen) atoms. The summed E-state index contributed by atoms with van der Waals surface area (Å²) < 4.78 is 1.58. The second-order valence-electron chi connectivity index (χ2n) is 5.96. The molecular formula is C20H17N3O. The van der Waals surface area contributed by atoms with Crippen molar-refractivity contribution in [1.82, 2.24) is 14.8 Å². The minimum absolute atomic E-state index is 0.0847. The Labute approximate surface area is 139 Å². The molecule has 118 valence electrons. The SMILES string of the molecule is Cc1ccc(-n2[nH]c3c(-c4ccccc4)c(C)ncc3c2=O)cc1. The molecule has 0 amide bonds. The first-order valence-corrected chi connectivity index (χ1v) is 7.88. The predicted octanol–water partition coefficient (Wildman–Crippen LogP) is 4.00. The second kappa shape index (κ2) is 5.49. The monoisotopic (exact) mass is 315 g/mol. The molecule has 0 atom stereocenters. The highest BCUT2D eigenvalue weighted by molar-refractivity contribution is 5.94. The van der Waals surface area contributed by atoms with Crippen LogP contribution in [0.4, 0.5) is 0 Å². The van der Waals surface area contributed by atoms with Crippen LogP contribution in [0, 0.1) is 13.8 Å². The fourth-order valence-electron chi connectivity index (χ4n) is 3.00. The van der Waals surface area contributed by atoms with Crippen LogP contribution in [0.5, 0.6) is 0 Å². The van der Waals surface area contributed by atoms with Crippen LogP contribution in [0.2, 0.25) is 0 Å². The minimum Gasteiger partial charge on any atom is -0.290 e. The number of pyridine rings is 1. The molecule has 1 N–H and O–H groups in total. The molecule has 0 aliphatic rings. The molecule has 0 aliphatic carbocycles. The van der Waals surface area contributed by atoms with Gasteiger partial charge in [0, 0.05) is 17.5 Å². The van der Waals surface area contributed by atoms with Gasteiger partial charge in [0.25, 0.3) is 5.56 Å².